The molecule has 1 aromatic carbocycles. The van der Waals surface area contributed by atoms with Gasteiger partial charge >= 0.3 is 0 Å². The lowest BCUT2D eigenvalue weighted by atomic mass is 10.3. The van der Waals surface area contributed by atoms with Crippen molar-refractivity contribution in [2.45, 2.75) is 0 Å². The molecule has 0 amide bonds. The Kier molecular flexibility index (Phi) is 3.89. The maximum atomic E-state index is 7.00. The predicted molar refractivity (Wildman–Crippen MR) is 67.3 cm³/mol. The molecule has 0 unspecified atom stereocenters. The fourth-order valence-electron chi connectivity index (χ4n) is 0.873. The van der Waals surface area contributed by atoms with Gasteiger partial charge in [-0.15, -0.1) is 0 Å². The summed E-state index contributed by atoms with van der Waals surface area (Å²) < 4.78 is 1.05. The molecule has 0 spiro atoms. The SMILES string of the molecule is [C-]#[N+]c1cc(I)ccc1/N=C/N(C)C. The van der Waals surface area contributed by atoms with Crippen molar-refractivity contribution in [1.82, 2.24) is 4.90 Å². The zero-order valence-corrected chi connectivity index (χ0v) is 10.2. The third-order valence-corrected chi connectivity index (χ3v) is 2.16. The number of nitrogens with zero attached hydrogens (tertiary/aromatic N) is 3. The van der Waals surface area contributed by atoms with Crippen LogP contribution in [-0.4, -0.2) is 25.3 Å². The van der Waals surface area contributed by atoms with E-state index in [4.69, 9.17) is 6.57 Å². The standard InChI is InChI=1S/C10H10IN3/c1-12-10-6-8(11)4-5-9(10)13-7-14(2)3/h4-7H,2-3H3/b13-7+. The molecular weight excluding hydrogens is 289 g/mol. The number of hydrogen-bond acceptors (Lipinski definition) is 1. The second-order valence-corrected chi connectivity index (χ2v) is 4.20. The zero-order valence-electron chi connectivity index (χ0n) is 8.03. The van der Waals surface area contributed by atoms with E-state index in [1.165, 1.54) is 0 Å². The lowest BCUT2D eigenvalue weighted by Gasteiger charge is -2.03. The van der Waals surface area contributed by atoms with Crippen LogP contribution < -0.4 is 0 Å². The third-order valence-electron chi connectivity index (χ3n) is 1.49. The van der Waals surface area contributed by atoms with Crippen LogP contribution in [0.4, 0.5) is 11.4 Å². The molecule has 0 heterocycles. The number of halogens is 1. The maximum absolute atomic E-state index is 7.00. The third kappa shape index (κ3) is 3.00. The monoisotopic (exact) mass is 299 g/mol. The molecule has 4 heteroatoms. The molecule has 0 aromatic heterocycles. The smallest absolute Gasteiger partial charge is 0.213 e. The van der Waals surface area contributed by atoms with Crippen LogP contribution in [-0.2, 0) is 0 Å². The van der Waals surface area contributed by atoms with Crippen molar-refractivity contribution in [2.75, 3.05) is 14.1 Å². The molecule has 0 bridgehead atoms. The lowest BCUT2D eigenvalue weighted by molar-refractivity contribution is 0.643. The van der Waals surface area contributed by atoms with E-state index in [-0.39, 0.29) is 0 Å². The van der Waals surface area contributed by atoms with Crippen LogP contribution in [0.2, 0.25) is 0 Å². The number of hydrogen-bond donors (Lipinski definition) is 0. The van der Waals surface area contributed by atoms with Crippen molar-refractivity contribution in [3.05, 3.63) is 33.2 Å². The summed E-state index contributed by atoms with van der Waals surface area (Å²) >= 11 is 2.18. The molecule has 0 radical (unpaired) electrons. The van der Waals surface area contributed by atoms with Crippen molar-refractivity contribution in [2.24, 2.45) is 4.99 Å². The highest BCUT2D eigenvalue weighted by molar-refractivity contribution is 14.1. The first kappa shape index (κ1) is 11.0. The van der Waals surface area contributed by atoms with Crippen molar-refractivity contribution < 1.29 is 0 Å². The van der Waals surface area contributed by atoms with Gasteiger partial charge in [0.25, 0.3) is 0 Å². The average molecular weight is 299 g/mol. The topological polar surface area (TPSA) is 20.0 Å². The van der Waals surface area contributed by atoms with Gasteiger partial charge < -0.3 is 4.90 Å². The Balaban J connectivity index is 3.04. The van der Waals surface area contributed by atoms with E-state index < -0.39 is 0 Å². The van der Waals surface area contributed by atoms with Gasteiger partial charge in [0.15, 0.2) is 0 Å². The van der Waals surface area contributed by atoms with Gasteiger partial charge in [-0.1, -0.05) is 0 Å². The highest BCUT2D eigenvalue weighted by Crippen LogP contribution is 2.29. The van der Waals surface area contributed by atoms with Crippen LogP contribution in [0.1, 0.15) is 0 Å². The summed E-state index contributed by atoms with van der Waals surface area (Å²) in [6.45, 7) is 7.00. The van der Waals surface area contributed by atoms with Crippen LogP contribution >= 0.6 is 22.6 Å². The summed E-state index contributed by atoms with van der Waals surface area (Å²) in [5.74, 6) is 0. The molecule has 1 rings (SSSR count). The minimum atomic E-state index is 0.593. The highest BCUT2D eigenvalue weighted by Gasteiger charge is 2.00. The lowest BCUT2D eigenvalue weighted by Crippen LogP contribution is -2.06. The van der Waals surface area contributed by atoms with E-state index in [2.05, 4.69) is 32.4 Å². The van der Waals surface area contributed by atoms with Gasteiger partial charge in [-0.25, -0.2) is 4.85 Å². The average Bonchev–Trinajstić information content (AvgIpc) is 2.15. The molecule has 1 aromatic rings. The number of rotatable bonds is 2. The van der Waals surface area contributed by atoms with Gasteiger partial charge in [0.05, 0.1) is 18.6 Å². The Morgan fingerprint density at radius 1 is 1.50 bits per heavy atom. The number of aliphatic imine (C=N–C) groups is 1. The first-order valence-electron chi connectivity index (χ1n) is 4.01. The van der Waals surface area contributed by atoms with Gasteiger partial charge in [0, 0.05) is 17.7 Å². The largest absolute Gasteiger partial charge is 0.369 e. The van der Waals surface area contributed by atoms with E-state index in [1.54, 1.807) is 6.34 Å². The van der Waals surface area contributed by atoms with Gasteiger partial charge in [-0.2, -0.15) is 0 Å². The highest BCUT2D eigenvalue weighted by atomic mass is 127. The Hall–Kier alpha value is -1.09. The van der Waals surface area contributed by atoms with Crippen LogP contribution in [0.15, 0.2) is 23.2 Å². The Labute approximate surface area is 97.4 Å². The molecule has 0 aliphatic rings. The molecule has 0 N–H and O–H groups in total. The summed E-state index contributed by atoms with van der Waals surface area (Å²) in [4.78, 5) is 9.46. The first-order valence-corrected chi connectivity index (χ1v) is 5.09. The molecule has 14 heavy (non-hydrogen) atoms. The molecule has 0 aliphatic heterocycles. The van der Waals surface area contributed by atoms with Gasteiger partial charge in [0.1, 0.15) is 0 Å². The minimum Gasteiger partial charge on any atom is -0.369 e. The van der Waals surface area contributed by atoms with E-state index in [0.717, 1.165) is 3.57 Å². The normalized spacial score (nSPS) is 10.1. The molecular formula is C10H10IN3. The van der Waals surface area contributed by atoms with Gasteiger partial charge in [-0.3, -0.25) is 4.99 Å². The van der Waals surface area contributed by atoms with Gasteiger partial charge in [0.2, 0.25) is 5.69 Å². The maximum Gasteiger partial charge on any atom is 0.213 e. The van der Waals surface area contributed by atoms with E-state index >= 15 is 0 Å². The van der Waals surface area contributed by atoms with E-state index in [9.17, 15) is 0 Å². The second-order valence-electron chi connectivity index (χ2n) is 2.95. The Morgan fingerprint density at radius 3 is 2.79 bits per heavy atom. The minimum absolute atomic E-state index is 0.593. The van der Waals surface area contributed by atoms with Crippen LogP contribution in [0.3, 0.4) is 0 Å². The van der Waals surface area contributed by atoms with Crippen molar-refractivity contribution in [3.63, 3.8) is 0 Å². The summed E-state index contributed by atoms with van der Waals surface area (Å²) in [5, 5.41) is 0. The fourth-order valence-corrected chi connectivity index (χ4v) is 1.35. The molecule has 0 saturated heterocycles. The fraction of sp³-hybridized carbons (Fsp3) is 0.200. The van der Waals surface area contributed by atoms with Crippen molar-refractivity contribution >= 4 is 40.3 Å². The molecule has 0 saturated carbocycles. The number of benzene rings is 1. The van der Waals surface area contributed by atoms with Crippen molar-refractivity contribution in [1.29, 1.82) is 0 Å². The Morgan fingerprint density at radius 2 is 2.21 bits per heavy atom. The zero-order chi connectivity index (χ0) is 10.6. The van der Waals surface area contributed by atoms with E-state index in [1.807, 2.05) is 37.2 Å². The Bertz CT molecular complexity index is 391. The first-order chi connectivity index (χ1) is 6.63. The molecule has 3 nitrogen and oxygen atoms in total. The van der Waals surface area contributed by atoms with Crippen molar-refractivity contribution in [3.8, 4) is 0 Å². The van der Waals surface area contributed by atoms with E-state index in [0.29, 0.717) is 11.4 Å². The van der Waals surface area contributed by atoms with Crippen LogP contribution in [0, 0.1) is 10.1 Å². The molecule has 0 aliphatic carbocycles. The van der Waals surface area contributed by atoms with Gasteiger partial charge in [-0.05, 0) is 40.8 Å². The summed E-state index contributed by atoms with van der Waals surface area (Å²) in [6.07, 6.45) is 1.69. The second kappa shape index (κ2) is 4.96. The summed E-state index contributed by atoms with van der Waals surface area (Å²) in [5.41, 5.74) is 1.31. The predicted octanol–water partition coefficient (Wildman–Crippen LogP) is 3.06. The summed E-state index contributed by atoms with van der Waals surface area (Å²) in [7, 11) is 3.79. The quantitative estimate of drug-likeness (QED) is 0.356. The molecule has 0 atom stereocenters. The van der Waals surface area contributed by atoms with Crippen LogP contribution in [0.25, 0.3) is 4.85 Å². The van der Waals surface area contributed by atoms with Crippen LogP contribution in [0.5, 0.6) is 0 Å². The molecule has 72 valence electrons. The molecule has 0 fully saturated rings. The summed E-state index contributed by atoms with van der Waals surface area (Å²) in [6, 6.07) is 5.63.